The standard InChI is InChI=1S/C23H25N5O3/c1-28-19-10-5-4-9-17(19)25-20(28)11-6-14-24-21(29)13-12-18-23(31)26-16-8-3-2-7-15(16)22(30)27-18/h2-5,7-10,18H,6,11-14H2,1H3,(H,24,29)(H,26,31)(H,27,30)/t18-/m1/s1. The van der Waals surface area contributed by atoms with Crippen LogP contribution in [0.3, 0.4) is 0 Å². The van der Waals surface area contributed by atoms with Gasteiger partial charge in [-0.3, -0.25) is 14.4 Å². The van der Waals surface area contributed by atoms with Gasteiger partial charge in [0, 0.05) is 26.4 Å². The smallest absolute Gasteiger partial charge is 0.254 e. The van der Waals surface area contributed by atoms with Crippen LogP contribution in [0, 0.1) is 0 Å². The molecule has 1 aliphatic heterocycles. The van der Waals surface area contributed by atoms with Crippen LogP contribution in [-0.4, -0.2) is 39.9 Å². The van der Waals surface area contributed by atoms with Crippen LogP contribution in [-0.2, 0) is 23.1 Å². The minimum absolute atomic E-state index is 0.145. The number of imidazole rings is 1. The third-order valence-corrected chi connectivity index (χ3v) is 5.49. The number of anilines is 1. The average molecular weight is 419 g/mol. The summed E-state index contributed by atoms with van der Waals surface area (Å²) in [5.74, 6) is 0.205. The first-order valence-corrected chi connectivity index (χ1v) is 10.4. The molecule has 0 unspecified atom stereocenters. The van der Waals surface area contributed by atoms with Gasteiger partial charge in [-0.2, -0.15) is 0 Å². The number of hydrogen-bond donors (Lipinski definition) is 3. The lowest BCUT2D eigenvalue weighted by molar-refractivity contribution is -0.121. The topological polar surface area (TPSA) is 105 Å². The van der Waals surface area contributed by atoms with Crippen molar-refractivity contribution in [3.63, 3.8) is 0 Å². The van der Waals surface area contributed by atoms with E-state index in [1.54, 1.807) is 24.3 Å². The Kier molecular flexibility index (Phi) is 5.97. The lowest BCUT2D eigenvalue weighted by Gasteiger charge is -2.14. The number of rotatable bonds is 7. The third kappa shape index (κ3) is 4.58. The molecule has 2 aromatic carbocycles. The number of carbonyl (C=O) groups is 3. The van der Waals surface area contributed by atoms with Crippen molar-refractivity contribution in [1.29, 1.82) is 0 Å². The number of hydrogen-bond acceptors (Lipinski definition) is 4. The predicted molar refractivity (Wildman–Crippen MR) is 118 cm³/mol. The highest BCUT2D eigenvalue weighted by atomic mass is 16.2. The van der Waals surface area contributed by atoms with Gasteiger partial charge in [-0.05, 0) is 37.1 Å². The molecule has 3 N–H and O–H groups in total. The molecule has 3 amide bonds. The molecule has 0 bridgehead atoms. The SMILES string of the molecule is Cn1c(CCCNC(=O)CC[C@H]2NC(=O)c3ccccc3NC2=O)nc2ccccc21. The van der Waals surface area contributed by atoms with Crippen molar-refractivity contribution in [2.24, 2.45) is 7.05 Å². The molecule has 8 heteroatoms. The van der Waals surface area contributed by atoms with Crippen LogP contribution in [0.2, 0.25) is 0 Å². The summed E-state index contributed by atoms with van der Waals surface area (Å²) in [6.07, 6.45) is 1.91. The fourth-order valence-corrected chi connectivity index (χ4v) is 3.77. The van der Waals surface area contributed by atoms with Crippen LogP contribution in [0.5, 0.6) is 0 Å². The summed E-state index contributed by atoms with van der Waals surface area (Å²) in [6.45, 7) is 0.525. The van der Waals surface area contributed by atoms with Gasteiger partial charge in [0.2, 0.25) is 11.8 Å². The molecule has 1 aliphatic rings. The number of carbonyl (C=O) groups excluding carboxylic acids is 3. The molecule has 0 saturated heterocycles. The molecule has 2 heterocycles. The van der Waals surface area contributed by atoms with Gasteiger partial charge in [-0.1, -0.05) is 24.3 Å². The molecular formula is C23H25N5O3. The maximum atomic E-state index is 12.4. The molecule has 0 radical (unpaired) electrons. The normalized spacial score (nSPS) is 15.7. The summed E-state index contributed by atoms with van der Waals surface area (Å²) >= 11 is 0. The molecule has 1 atom stereocenters. The lowest BCUT2D eigenvalue weighted by atomic mass is 10.1. The molecule has 0 saturated carbocycles. The molecule has 4 rings (SSSR count). The van der Waals surface area contributed by atoms with E-state index in [1.165, 1.54) is 0 Å². The minimum atomic E-state index is -0.745. The lowest BCUT2D eigenvalue weighted by Crippen LogP contribution is -2.42. The largest absolute Gasteiger partial charge is 0.356 e. The number of benzene rings is 2. The zero-order chi connectivity index (χ0) is 21.8. The summed E-state index contributed by atoms with van der Waals surface area (Å²) in [6, 6.07) is 14.1. The van der Waals surface area contributed by atoms with Gasteiger partial charge in [-0.25, -0.2) is 4.98 Å². The molecule has 0 aliphatic carbocycles. The van der Waals surface area contributed by atoms with Crippen molar-refractivity contribution in [3.05, 3.63) is 59.9 Å². The van der Waals surface area contributed by atoms with Crippen molar-refractivity contribution in [1.82, 2.24) is 20.2 Å². The first kappa shape index (κ1) is 20.6. The van der Waals surface area contributed by atoms with Crippen LogP contribution in [0.1, 0.15) is 35.4 Å². The Labute approximate surface area is 180 Å². The highest BCUT2D eigenvalue weighted by Crippen LogP contribution is 2.19. The van der Waals surface area contributed by atoms with E-state index < -0.39 is 6.04 Å². The van der Waals surface area contributed by atoms with E-state index in [2.05, 4.69) is 25.5 Å². The van der Waals surface area contributed by atoms with E-state index in [9.17, 15) is 14.4 Å². The van der Waals surface area contributed by atoms with Gasteiger partial charge in [0.05, 0.1) is 22.3 Å². The monoisotopic (exact) mass is 419 g/mol. The van der Waals surface area contributed by atoms with E-state index in [-0.39, 0.29) is 30.6 Å². The number of amides is 3. The number of fused-ring (bicyclic) bond motifs is 2. The number of aromatic nitrogens is 2. The summed E-state index contributed by atoms with van der Waals surface area (Å²) in [5.41, 5.74) is 2.96. The van der Waals surface area contributed by atoms with Gasteiger partial charge in [0.25, 0.3) is 5.91 Å². The zero-order valence-corrected chi connectivity index (χ0v) is 17.4. The Morgan fingerprint density at radius 3 is 2.74 bits per heavy atom. The number of aryl methyl sites for hydroxylation is 2. The summed E-state index contributed by atoms with van der Waals surface area (Å²) in [4.78, 5) is 41.6. The van der Waals surface area contributed by atoms with Crippen molar-refractivity contribution in [3.8, 4) is 0 Å². The molecule has 0 spiro atoms. The van der Waals surface area contributed by atoms with Crippen molar-refractivity contribution in [2.75, 3.05) is 11.9 Å². The molecule has 31 heavy (non-hydrogen) atoms. The van der Waals surface area contributed by atoms with E-state index in [0.717, 1.165) is 29.7 Å². The summed E-state index contributed by atoms with van der Waals surface area (Å²) < 4.78 is 2.07. The second-order valence-corrected chi connectivity index (χ2v) is 7.63. The maximum Gasteiger partial charge on any atom is 0.254 e. The van der Waals surface area contributed by atoms with E-state index >= 15 is 0 Å². The fraction of sp³-hybridized carbons (Fsp3) is 0.304. The van der Waals surface area contributed by atoms with Crippen LogP contribution in [0.4, 0.5) is 5.69 Å². The molecule has 3 aromatic rings. The molecule has 8 nitrogen and oxygen atoms in total. The average Bonchev–Trinajstić information content (AvgIpc) is 3.03. The quantitative estimate of drug-likeness (QED) is 0.510. The fourth-order valence-electron chi connectivity index (χ4n) is 3.77. The first-order chi connectivity index (χ1) is 15.0. The Morgan fingerprint density at radius 1 is 1.13 bits per heavy atom. The predicted octanol–water partition coefficient (Wildman–Crippen LogP) is 2.15. The van der Waals surface area contributed by atoms with Crippen LogP contribution in [0.25, 0.3) is 11.0 Å². The highest BCUT2D eigenvalue weighted by molar-refractivity contribution is 6.09. The molecular weight excluding hydrogens is 394 g/mol. The molecule has 0 fully saturated rings. The Balaban J connectivity index is 1.23. The van der Waals surface area contributed by atoms with Gasteiger partial charge in [0.15, 0.2) is 0 Å². The van der Waals surface area contributed by atoms with Crippen molar-refractivity contribution < 1.29 is 14.4 Å². The number of nitrogens with zero attached hydrogens (tertiary/aromatic N) is 2. The summed E-state index contributed by atoms with van der Waals surface area (Å²) in [7, 11) is 1.99. The first-order valence-electron chi connectivity index (χ1n) is 10.4. The number of para-hydroxylation sites is 3. The second kappa shape index (κ2) is 8.99. The van der Waals surface area contributed by atoms with E-state index in [4.69, 9.17) is 0 Å². The number of nitrogens with one attached hydrogen (secondary N) is 3. The summed E-state index contributed by atoms with van der Waals surface area (Å²) in [5, 5.41) is 8.34. The van der Waals surface area contributed by atoms with Crippen LogP contribution >= 0.6 is 0 Å². The van der Waals surface area contributed by atoms with Gasteiger partial charge >= 0.3 is 0 Å². The Hall–Kier alpha value is -3.68. The van der Waals surface area contributed by atoms with Gasteiger partial charge in [-0.15, -0.1) is 0 Å². The van der Waals surface area contributed by atoms with Crippen LogP contribution < -0.4 is 16.0 Å². The zero-order valence-electron chi connectivity index (χ0n) is 17.4. The van der Waals surface area contributed by atoms with E-state index in [1.807, 2.05) is 31.3 Å². The van der Waals surface area contributed by atoms with Gasteiger partial charge < -0.3 is 20.5 Å². The van der Waals surface area contributed by atoms with Gasteiger partial charge in [0.1, 0.15) is 11.9 Å². The third-order valence-electron chi connectivity index (χ3n) is 5.49. The minimum Gasteiger partial charge on any atom is -0.356 e. The second-order valence-electron chi connectivity index (χ2n) is 7.63. The Bertz CT molecular complexity index is 1140. The van der Waals surface area contributed by atoms with Crippen LogP contribution in [0.15, 0.2) is 48.5 Å². The molecule has 160 valence electrons. The van der Waals surface area contributed by atoms with Crippen molar-refractivity contribution in [2.45, 2.75) is 31.7 Å². The van der Waals surface area contributed by atoms with Crippen molar-refractivity contribution >= 4 is 34.4 Å². The Morgan fingerprint density at radius 2 is 1.90 bits per heavy atom. The molecule has 1 aromatic heterocycles. The maximum absolute atomic E-state index is 12.4. The van der Waals surface area contributed by atoms with E-state index in [0.29, 0.717) is 17.8 Å². The highest BCUT2D eigenvalue weighted by Gasteiger charge is 2.27.